The van der Waals surface area contributed by atoms with E-state index in [1.165, 1.54) is 12.3 Å². The van der Waals surface area contributed by atoms with Gasteiger partial charge in [0.25, 0.3) is 0 Å². The molecule has 0 aliphatic rings. The van der Waals surface area contributed by atoms with Crippen LogP contribution in [0.2, 0.25) is 0 Å². The SMILES string of the molecule is Cc1cc(NCc2ccccc2CS(C)(=O)=O)c2cccc(F)c2n1. The second kappa shape index (κ2) is 6.80. The van der Waals surface area contributed by atoms with Crippen molar-refractivity contribution in [3.05, 3.63) is 71.2 Å². The third-order valence-electron chi connectivity index (χ3n) is 3.92. The predicted octanol–water partition coefficient (Wildman–Crippen LogP) is 3.84. The fourth-order valence-electron chi connectivity index (χ4n) is 2.83. The molecule has 1 heterocycles. The van der Waals surface area contributed by atoms with Crippen LogP contribution < -0.4 is 5.32 Å². The minimum Gasteiger partial charge on any atom is -0.380 e. The number of benzene rings is 2. The lowest BCUT2D eigenvalue weighted by atomic mass is 10.1. The average molecular weight is 358 g/mol. The number of halogens is 1. The fourth-order valence-corrected chi connectivity index (χ4v) is 3.68. The van der Waals surface area contributed by atoms with Crippen LogP contribution in [0.5, 0.6) is 0 Å². The molecule has 130 valence electrons. The molecule has 4 nitrogen and oxygen atoms in total. The molecule has 1 aromatic heterocycles. The maximum Gasteiger partial charge on any atom is 0.151 e. The van der Waals surface area contributed by atoms with Crippen molar-refractivity contribution in [3.63, 3.8) is 0 Å². The molecule has 0 atom stereocenters. The fraction of sp³-hybridized carbons (Fsp3) is 0.211. The zero-order chi connectivity index (χ0) is 18.0. The molecule has 0 fully saturated rings. The summed E-state index contributed by atoms with van der Waals surface area (Å²) < 4.78 is 37.2. The zero-order valence-electron chi connectivity index (χ0n) is 14.1. The molecule has 0 spiro atoms. The number of para-hydroxylation sites is 1. The van der Waals surface area contributed by atoms with E-state index >= 15 is 0 Å². The highest BCUT2D eigenvalue weighted by Gasteiger charge is 2.11. The minimum atomic E-state index is -3.12. The summed E-state index contributed by atoms with van der Waals surface area (Å²) in [5.41, 5.74) is 3.47. The second-order valence-corrected chi connectivity index (χ2v) is 8.28. The number of aryl methyl sites for hydroxylation is 1. The summed E-state index contributed by atoms with van der Waals surface area (Å²) in [6, 6.07) is 14.1. The van der Waals surface area contributed by atoms with E-state index in [4.69, 9.17) is 0 Å². The van der Waals surface area contributed by atoms with Gasteiger partial charge in [-0.25, -0.2) is 17.8 Å². The molecule has 0 saturated heterocycles. The van der Waals surface area contributed by atoms with Gasteiger partial charge >= 0.3 is 0 Å². The van der Waals surface area contributed by atoms with E-state index < -0.39 is 9.84 Å². The summed E-state index contributed by atoms with van der Waals surface area (Å²) in [4.78, 5) is 4.26. The Morgan fingerprint density at radius 3 is 2.52 bits per heavy atom. The molecule has 2 aromatic carbocycles. The highest BCUT2D eigenvalue weighted by atomic mass is 32.2. The second-order valence-electron chi connectivity index (χ2n) is 6.14. The number of pyridine rings is 1. The van der Waals surface area contributed by atoms with E-state index in [-0.39, 0.29) is 11.6 Å². The number of aromatic nitrogens is 1. The summed E-state index contributed by atoms with van der Waals surface area (Å²) in [5, 5.41) is 4.00. The van der Waals surface area contributed by atoms with Gasteiger partial charge in [0, 0.05) is 29.6 Å². The van der Waals surface area contributed by atoms with Gasteiger partial charge in [-0.3, -0.25) is 0 Å². The molecule has 25 heavy (non-hydrogen) atoms. The van der Waals surface area contributed by atoms with Crippen molar-refractivity contribution in [1.82, 2.24) is 4.98 Å². The van der Waals surface area contributed by atoms with Crippen LogP contribution in [0.4, 0.5) is 10.1 Å². The molecule has 0 amide bonds. The van der Waals surface area contributed by atoms with E-state index in [2.05, 4.69) is 10.3 Å². The van der Waals surface area contributed by atoms with Gasteiger partial charge in [0.15, 0.2) is 9.84 Å². The van der Waals surface area contributed by atoms with Crippen LogP contribution >= 0.6 is 0 Å². The molecule has 0 bridgehead atoms. The normalized spacial score (nSPS) is 11.6. The molecule has 0 unspecified atom stereocenters. The quantitative estimate of drug-likeness (QED) is 0.753. The molecule has 1 N–H and O–H groups in total. The third-order valence-corrected chi connectivity index (χ3v) is 4.76. The summed E-state index contributed by atoms with van der Waals surface area (Å²) in [5.74, 6) is -0.364. The Labute approximate surface area is 146 Å². The number of hydrogen-bond acceptors (Lipinski definition) is 4. The van der Waals surface area contributed by atoms with Gasteiger partial charge < -0.3 is 5.32 Å². The molecule has 3 aromatic rings. The lowest BCUT2D eigenvalue weighted by molar-refractivity contribution is 0.601. The van der Waals surface area contributed by atoms with Crippen molar-refractivity contribution in [1.29, 1.82) is 0 Å². The standard InChI is InChI=1S/C19H19FN2O2S/c1-13-10-18(16-8-5-9-17(20)19(16)22-13)21-11-14-6-3-4-7-15(14)12-25(2,23)24/h3-10H,11-12H2,1-2H3,(H,21,22). The molecular weight excluding hydrogens is 339 g/mol. The summed E-state index contributed by atoms with van der Waals surface area (Å²) >= 11 is 0. The van der Waals surface area contributed by atoms with Crippen LogP contribution in [-0.2, 0) is 22.1 Å². The Kier molecular flexibility index (Phi) is 4.72. The van der Waals surface area contributed by atoms with Crippen molar-refractivity contribution in [2.75, 3.05) is 11.6 Å². The van der Waals surface area contributed by atoms with Crippen LogP contribution in [-0.4, -0.2) is 19.7 Å². The first kappa shape index (κ1) is 17.4. The van der Waals surface area contributed by atoms with Crippen LogP contribution in [0.3, 0.4) is 0 Å². The number of sulfone groups is 1. The molecule has 0 saturated carbocycles. The maximum absolute atomic E-state index is 14.0. The number of nitrogens with one attached hydrogen (secondary N) is 1. The highest BCUT2D eigenvalue weighted by molar-refractivity contribution is 7.89. The number of nitrogens with zero attached hydrogens (tertiary/aromatic N) is 1. The van der Waals surface area contributed by atoms with E-state index in [1.54, 1.807) is 6.07 Å². The Bertz CT molecular complexity index is 1030. The Morgan fingerprint density at radius 1 is 1.08 bits per heavy atom. The Balaban J connectivity index is 1.93. The Hall–Kier alpha value is -2.47. The van der Waals surface area contributed by atoms with Crippen molar-refractivity contribution in [2.24, 2.45) is 0 Å². The smallest absolute Gasteiger partial charge is 0.151 e. The molecule has 3 rings (SSSR count). The number of rotatable bonds is 5. The summed E-state index contributed by atoms with van der Waals surface area (Å²) in [6.07, 6.45) is 1.22. The van der Waals surface area contributed by atoms with E-state index in [0.29, 0.717) is 23.1 Å². The minimum absolute atomic E-state index is 0.00436. The average Bonchev–Trinajstić information content (AvgIpc) is 2.53. The highest BCUT2D eigenvalue weighted by Crippen LogP contribution is 2.26. The van der Waals surface area contributed by atoms with Crippen molar-refractivity contribution < 1.29 is 12.8 Å². The Morgan fingerprint density at radius 2 is 1.80 bits per heavy atom. The van der Waals surface area contributed by atoms with E-state index in [9.17, 15) is 12.8 Å². The van der Waals surface area contributed by atoms with Gasteiger partial charge in [-0.2, -0.15) is 0 Å². The van der Waals surface area contributed by atoms with Gasteiger partial charge in [-0.15, -0.1) is 0 Å². The molecular formula is C19H19FN2O2S. The van der Waals surface area contributed by atoms with Crippen molar-refractivity contribution in [2.45, 2.75) is 19.2 Å². The van der Waals surface area contributed by atoms with Gasteiger partial charge in [0.1, 0.15) is 11.3 Å². The van der Waals surface area contributed by atoms with Gasteiger partial charge in [0.05, 0.1) is 5.75 Å². The van der Waals surface area contributed by atoms with Crippen LogP contribution in [0.25, 0.3) is 10.9 Å². The predicted molar refractivity (Wildman–Crippen MR) is 98.8 cm³/mol. The first-order valence-corrected chi connectivity index (χ1v) is 9.94. The van der Waals surface area contributed by atoms with Gasteiger partial charge in [0.2, 0.25) is 0 Å². The molecule has 6 heteroatoms. The largest absolute Gasteiger partial charge is 0.380 e. The summed E-state index contributed by atoms with van der Waals surface area (Å²) in [7, 11) is -3.12. The zero-order valence-corrected chi connectivity index (χ0v) is 14.9. The summed E-state index contributed by atoms with van der Waals surface area (Å²) in [6.45, 7) is 2.26. The van der Waals surface area contributed by atoms with Crippen molar-refractivity contribution >= 4 is 26.4 Å². The van der Waals surface area contributed by atoms with Gasteiger partial charge in [-0.1, -0.05) is 36.4 Å². The third kappa shape index (κ3) is 4.14. The number of hydrogen-bond donors (Lipinski definition) is 1. The molecule has 0 aliphatic heterocycles. The topological polar surface area (TPSA) is 59.1 Å². The maximum atomic E-state index is 14.0. The monoisotopic (exact) mass is 358 g/mol. The molecule has 0 aliphatic carbocycles. The van der Waals surface area contributed by atoms with Crippen LogP contribution in [0.1, 0.15) is 16.8 Å². The lowest BCUT2D eigenvalue weighted by Gasteiger charge is -2.13. The first-order valence-electron chi connectivity index (χ1n) is 7.88. The van der Waals surface area contributed by atoms with E-state index in [1.807, 2.05) is 43.3 Å². The van der Waals surface area contributed by atoms with Crippen molar-refractivity contribution in [3.8, 4) is 0 Å². The van der Waals surface area contributed by atoms with E-state index in [0.717, 1.165) is 16.8 Å². The van der Waals surface area contributed by atoms with Gasteiger partial charge in [-0.05, 0) is 30.2 Å². The lowest BCUT2D eigenvalue weighted by Crippen LogP contribution is -2.08. The number of anilines is 1. The first-order chi connectivity index (χ1) is 11.8. The van der Waals surface area contributed by atoms with Crippen LogP contribution in [0, 0.1) is 12.7 Å². The number of fused-ring (bicyclic) bond motifs is 1. The molecule has 0 radical (unpaired) electrons. The van der Waals surface area contributed by atoms with Crippen LogP contribution in [0.15, 0.2) is 48.5 Å².